The third kappa shape index (κ3) is 1.73. The molecule has 2 aliphatic heterocycles. The fourth-order valence-electron chi connectivity index (χ4n) is 2.62. The van der Waals surface area contributed by atoms with Crippen LogP contribution in [0.1, 0.15) is 30.8 Å². The van der Waals surface area contributed by atoms with Gasteiger partial charge in [0.2, 0.25) is 5.76 Å². The van der Waals surface area contributed by atoms with Crippen molar-refractivity contribution in [3.63, 3.8) is 0 Å². The first-order valence-corrected chi connectivity index (χ1v) is 5.73. The Morgan fingerprint density at radius 2 is 2.38 bits per heavy atom. The second-order valence-electron chi connectivity index (χ2n) is 4.47. The molecule has 0 saturated carbocycles. The number of hydrogen-bond donors (Lipinski definition) is 1. The van der Waals surface area contributed by atoms with Crippen LogP contribution in [0.25, 0.3) is 0 Å². The minimum Gasteiger partial charge on any atom is -0.449 e. The average Bonchev–Trinajstić information content (AvgIpc) is 3.02. The van der Waals surface area contributed by atoms with Crippen molar-refractivity contribution in [2.45, 2.75) is 44.1 Å². The quantitative estimate of drug-likeness (QED) is 0.836. The van der Waals surface area contributed by atoms with E-state index in [9.17, 15) is 0 Å². The molecule has 1 aromatic rings. The molecular formula is C12H14N2O2. The smallest absolute Gasteiger partial charge is 0.203 e. The largest absolute Gasteiger partial charge is 0.449 e. The summed E-state index contributed by atoms with van der Waals surface area (Å²) in [6, 6.07) is 5.99. The van der Waals surface area contributed by atoms with E-state index in [4.69, 9.17) is 14.4 Å². The molecular weight excluding hydrogens is 204 g/mol. The van der Waals surface area contributed by atoms with Gasteiger partial charge in [-0.1, -0.05) is 0 Å². The van der Waals surface area contributed by atoms with Gasteiger partial charge in [0.1, 0.15) is 11.8 Å². The van der Waals surface area contributed by atoms with Crippen molar-refractivity contribution in [2.24, 2.45) is 0 Å². The maximum Gasteiger partial charge on any atom is 0.203 e. The fraction of sp³-hybridized carbons (Fsp3) is 0.583. The SMILES string of the molecule is N#Cc1ccc(CNC2CC3CCC2O3)o1. The highest BCUT2D eigenvalue weighted by Gasteiger charge is 2.40. The number of ether oxygens (including phenoxy) is 1. The molecule has 3 atom stereocenters. The summed E-state index contributed by atoms with van der Waals surface area (Å²) in [5.41, 5.74) is 0. The van der Waals surface area contributed by atoms with Crippen LogP contribution in [-0.2, 0) is 11.3 Å². The molecule has 4 heteroatoms. The number of nitrogens with one attached hydrogen (secondary N) is 1. The minimum atomic E-state index is 0.376. The molecule has 0 spiro atoms. The fourth-order valence-corrected chi connectivity index (χ4v) is 2.62. The van der Waals surface area contributed by atoms with E-state index in [1.165, 1.54) is 12.8 Å². The molecule has 2 saturated heterocycles. The van der Waals surface area contributed by atoms with Gasteiger partial charge in [-0.2, -0.15) is 5.26 Å². The van der Waals surface area contributed by atoms with Gasteiger partial charge in [0.25, 0.3) is 0 Å². The standard InChI is InChI=1S/C12H14N2O2/c13-6-9-1-2-10(15-9)7-14-11-5-8-3-4-12(11)16-8/h1-2,8,11-12,14H,3-5,7H2. The maximum atomic E-state index is 8.63. The maximum absolute atomic E-state index is 8.63. The molecule has 4 nitrogen and oxygen atoms in total. The molecule has 3 heterocycles. The molecule has 0 radical (unpaired) electrons. The van der Waals surface area contributed by atoms with Crippen molar-refractivity contribution in [2.75, 3.05) is 0 Å². The second kappa shape index (κ2) is 3.93. The lowest BCUT2D eigenvalue weighted by Crippen LogP contribution is -2.36. The molecule has 0 aromatic carbocycles. The Hall–Kier alpha value is -1.31. The molecule has 2 fully saturated rings. The molecule has 2 aliphatic rings. The van der Waals surface area contributed by atoms with E-state index in [-0.39, 0.29) is 0 Å². The van der Waals surface area contributed by atoms with Crippen LogP contribution in [0.2, 0.25) is 0 Å². The van der Waals surface area contributed by atoms with Crippen molar-refractivity contribution in [3.8, 4) is 6.07 Å². The van der Waals surface area contributed by atoms with Crippen molar-refractivity contribution in [1.82, 2.24) is 5.32 Å². The Kier molecular flexibility index (Phi) is 2.43. The third-order valence-electron chi connectivity index (χ3n) is 3.42. The lowest BCUT2D eigenvalue weighted by molar-refractivity contribution is 0.0970. The molecule has 0 aliphatic carbocycles. The Morgan fingerprint density at radius 3 is 3.00 bits per heavy atom. The van der Waals surface area contributed by atoms with Crippen LogP contribution in [0, 0.1) is 11.3 Å². The van der Waals surface area contributed by atoms with Gasteiger partial charge >= 0.3 is 0 Å². The van der Waals surface area contributed by atoms with Crippen molar-refractivity contribution in [1.29, 1.82) is 5.26 Å². The second-order valence-corrected chi connectivity index (χ2v) is 4.47. The van der Waals surface area contributed by atoms with Crippen LogP contribution in [0.15, 0.2) is 16.5 Å². The summed E-state index contributed by atoms with van der Waals surface area (Å²) < 4.78 is 11.1. The zero-order valence-corrected chi connectivity index (χ0v) is 8.98. The van der Waals surface area contributed by atoms with E-state index in [0.29, 0.717) is 30.6 Å². The number of furan rings is 1. The Labute approximate surface area is 94.2 Å². The van der Waals surface area contributed by atoms with Crippen LogP contribution in [0.3, 0.4) is 0 Å². The molecule has 2 bridgehead atoms. The summed E-state index contributed by atoms with van der Waals surface area (Å²) in [7, 11) is 0. The van der Waals surface area contributed by atoms with Gasteiger partial charge in [-0.05, 0) is 31.4 Å². The summed E-state index contributed by atoms with van der Waals surface area (Å²) in [5.74, 6) is 1.19. The first kappa shape index (κ1) is 9.88. The Bertz CT molecular complexity index is 421. The molecule has 3 rings (SSSR count). The average molecular weight is 218 g/mol. The van der Waals surface area contributed by atoms with Gasteiger partial charge in [0.05, 0.1) is 18.8 Å². The summed E-state index contributed by atoms with van der Waals surface area (Å²) in [6.45, 7) is 0.679. The lowest BCUT2D eigenvalue weighted by Gasteiger charge is -2.19. The lowest BCUT2D eigenvalue weighted by atomic mass is 9.95. The number of rotatable bonds is 3. The monoisotopic (exact) mass is 218 g/mol. The van der Waals surface area contributed by atoms with Crippen molar-refractivity contribution >= 4 is 0 Å². The van der Waals surface area contributed by atoms with Gasteiger partial charge in [-0.25, -0.2) is 0 Å². The van der Waals surface area contributed by atoms with Crippen molar-refractivity contribution in [3.05, 3.63) is 23.7 Å². The number of fused-ring (bicyclic) bond motifs is 2. The van der Waals surface area contributed by atoms with Crippen LogP contribution in [0.4, 0.5) is 0 Å². The first-order chi connectivity index (χ1) is 7.85. The predicted octanol–water partition coefficient (Wildman–Crippen LogP) is 1.56. The molecule has 1 aromatic heterocycles. The number of nitriles is 1. The van der Waals surface area contributed by atoms with E-state index in [1.54, 1.807) is 6.07 Å². The predicted molar refractivity (Wildman–Crippen MR) is 56.6 cm³/mol. The Balaban J connectivity index is 1.55. The van der Waals surface area contributed by atoms with Gasteiger partial charge < -0.3 is 14.5 Å². The molecule has 16 heavy (non-hydrogen) atoms. The molecule has 0 amide bonds. The summed E-state index contributed by atoms with van der Waals surface area (Å²) >= 11 is 0. The van der Waals surface area contributed by atoms with Gasteiger partial charge in [0, 0.05) is 6.04 Å². The van der Waals surface area contributed by atoms with Crippen LogP contribution in [0.5, 0.6) is 0 Å². The number of hydrogen-bond acceptors (Lipinski definition) is 4. The zero-order valence-electron chi connectivity index (χ0n) is 8.98. The summed E-state index contributed by atoms with van der Waals surface area (Å²) in [5, 5.41) is 12.1. The van der Waals surface area contributed by atoms with Gasteiger partial charge in [-0.3, -0.25) is 0 Å². The first-order valence-electron chi connectivity index (χ1n) is 5.73. The third-order valence-corrected chi connectivity index (χ3v) is 3.42. The van der Waals surface area contributed by atoms with E-state index >= 15 is 0 Å². The highest BCUT2D eigenvalue weighted by molar-refractivity contribution is 5.19. The minimum absolute atomic E-state index is 0.376. The van der Waals surface area contributed by atoms with Crippen molar-refractivity contribution < 1.29 is 9.15 Å². The van der Waals surface area contributed by atoms with Crippen LogP contribution >= 0.6 is 0 Å². The van der Waals surface area contributed by atoms with E-state index < -0.39 is 0 Å². The number of nitrogens with zero attached hydrogens (tertiary/aromatic N) is 1. The normalized spacial score (nSPS) is 31.8. The topological polar surface area (TPSA) is 58.2 Å². The van der Waals surface area contributed by atoms with Gasteiger partial charge in [-0.15, -0.1) is 0 Å². The van der Waals surface area contributed by atoms with Crippen LogP contribution in [-0.4, -0.2) is 18.2 Å². The zero-order chi connectivity index (χ0) is 11.0. The van der Waals surface area contributed by atoms with E-state index in [0.717, 1.165) is 12.2 Å². The summed E-state index contributed by atoms with van der Waals surface area (Å²) in [6.07, 6.45) is 4.34. The molecule has 3 unspecified atom stereocenters. The highest BCUT2D eigenvalue weighted by atomic mass is 16.5. The van der Waals surface area contributed by atoms with Crippen LogP contribution < -0.4 is 5.32 Å². The highest BCUT2D eigenvalue weighted by Crippen LogP contribution is 2.34. The summed E-state index contributed by atoms with van der Waals surface area (Å²) in [4.78, 5) is 0. The Morgan fingerprint density at radius 1 is 1.44 bits per heavy atom. The molecule has 1 N–H and O–H groups in total. The molecule has 84 valence electrons. The van der Waals surface area contributed by atoms with E-state index in [1.807, 2.05) is 12.1 Å². The van der Waals surface area contributed by atoms with E-state index in [2.05, 4.69) is 5.32 Å². The van der Waals surface area contributed by atoms with Gasteiger partial charge in [0.15, 0.2) is 0 Å².